The van der Waals surface area contributed by atoms with Crippen molar-refractivity contribution in [3.63, 3.8) is 0 Å². The number of piperidine rings is 1. The summed E-state index contributed by atoms with van der Waals surface area (Å²) in [6, 6.07) is 16.6. The fraction of sp³-hybridized carbons (Fsp3) is 0.320. The molecule has 0 spiro atoms. The molecule has 0 aliphatic carbocycles. The van der Waals surface area contributed by atoms with E-state index in [9.17, 15) is 9.59 Å². The maximum Gasteiger partial charge on any atom is 0.274 e. The van der Waals surface area contributed by atoms with Crippen LogP contribution >= 0.6 is 0 Å². The lowest BCUT2D eigenvalue weighted by Crippen LogP contribution is -2.47. The number of nitrogens with zero attached hydrogens (tertiary/aromatic N) is 3. The number of carbonyl (C=O) groups excluding carboxylic acids is 1. The van der Waals surface area contributed by atoms with E-state index in [0.717, 1.165) is 37.4 Å². The quantitative estimate of drug-likeness (QED) is 0.673. The van der Waals surface area contributed by atoms with Crippen molar-refractivity contribution in [1.82, 2.24) is 14.5 Å². The first-order valence-corrected chi connectivity index (χ1v) is 10.9. The van der Waals surface area contributed by atoms with Gasteiger partial charge in [-0.2, -0.15) is 0 Å². The highest BCUT2D eigenvalue weighted by molar-refractivity contribution is 6.04. The van der Waals surface area contributed by atoms with Gasteiger partial charge in [0.15, 0.2) is 0 Å². The molecular weight excluding hydrogens is 404 g/mol. The van der Waals surface area contributed by atoms with Crippen molar-refractivity contribution in [1.29, 1.82) is 0 Å². The summed E-state index contributed by atoms with van der Waals surface area (Å²) in [4.78, 5) is 32.7. The van der Waals surface area contributed by atoms with Gasteiger partial charge in [0, 0.05) is 49.6 Å². The minimum atomic E-state index is -0.303. The van der Waals surface area contributed by atoms with E-state index in [0.29, 0.717) is 35.4 Å². The number of amides is 1. The standard InChI is InChI=1S/C25H26N4O3/c1-32-21-7-5-18(6-8-21)24(30)27-22-9-10-23-19-12-17(14-29(23)25(22)31)13-28(15-19)16-20-4-2-3-11-26-20/h2-11,17,19H,12-16H2,1H3,(H,27,30). The van der Waals surface area contributed by atoms with Gasteiger partial charge < -0.3 is 14.6 Å². The number of hydrogen-bond acceptors (Lipinski definition) is 5. The number of aromatic nitrogens is 2. The maximum absolute atomic E-state index is 13.2. The SMILES string of the molecule is COc1ccc(C(=O)Nc2ccc3n(c2=O)CC2CC3CN(Cc3ccccn3)C2)cc1. The summed E-state index contributed by atoms with van der Waals surface area (Å²) in [5.41, 5.74) is 2.80. The van der Waals surface area contributed by atoms with Crippen molar-refractivity contribution in [2.75, 3.05) is 25.5 Å². The minimum Gasteiger partial charge on any atom is -0.497 e. The third-order valence-electron chi connectivity index (χ3n) is 6.39. The Morgan fingerprint density at radius 3 is 2.69 bits per heavy atom. The van der Waals surface area contributed by atoms with Gasteiger partial charge in [-0.3, -0.25) is 19.5 Å². The van der Waals surface area contributed by atoms with Gasteiger partial charge in [0.1, 0.15) is 11.4 Å². The normalized spacial score (nSPS) is 19.8. The Bertz CT molecular complexity index is 1170. The monoisotopic (exact) mass is 430 g/mol. The van der Waals surface area contributed by atoms with Gasteiger partial charge in [-0.1, -0.05) is 6.07 Å². The summed E-state index contributed by atoms with van der Waals surface area (Å²) in [7, 11) is 1.58. The van der Waals surface area contributed by atoms with E-state index in [-0.39, 0.29) is 11.5 Å². The largest absolute Gasteiger partial charge is 0.497 e. The Morgan fingerprint density at radius 2 is 1.94 bits per heavy atom. The third-order valence-corrected chi connectivity index (χ3v) is 6.39. The third kappa shape index (κ3) is 4.03. The molecule has 4 heterocycles. The van der Waals surface area contributed by atoms with E-state index in [1.807, 2.05) is 29.0 Å². The van der Waals surface area contributed by atoms with Crippen molar-refractivity contribution in [3.05, 3.63) is 88.1 Å². The van der Waals surface area contributed by atoms with Crippen LogP contribution in [0.15, 0.2) is 65.6 Å². The molecule has 1 amide bonds. The summed E-state index contributed by atoms with van der Waals surface area (Å²) in [5.74, 6) is 1.10. The molecule has 2 aliphatic rings. The highest BCUT2D eigenvalue weighted by atomic mass is 16.5. The second-order valence-electron chi connectivity index (χ2n) is 8.58. The van der Waals surface area contributed by atoms with E-state index in [1.165, 1.54) is 0 Å². The number of hydrogen-bond donors (Lipinski definition) is 1. The van der Waals surface area contributed by atoms with Gasteiger partial charge in [-0.25, -0.2) is 0 Å². The van der Waals surface area contributed by atoms with Crippen molar-refractivity contribution in [2.45, 2.75) is 25.4 Å². The fourth-order valence-corrected chi connectivity index (χ4v) is 4.93. The molecule has 32 heavy (non-hydrogen) atoms. The highest BCUT2D eigenvalue weighted by Crippen LogP contribution is 2.35. The second kappa shape index (κ2) is 8.59. The van der Waals surface area contributed by atoms with E-state index in [2.05, 4.69) is 21.3 Å². The molecule has 2 bridgehead atoms. The Balaban J connectivity index is 1.33. The minimum absolute atomic E-state index is 0.128. The summed E-state index contributed by atoms with van der Waals surface area (Å²) >= 11 is 0. The molecule has 7 nitrogen and oxygen atoms in total. The molecule has 1 N–H and O–H groups in total. The first kappa shape index (κ1) is 20.5. The topological polar surface area (TPSA) is 76.5 Å². The average Bonchev–Trinajstić information content (AvgIpc) is 2.82. The Hall–Kier alpha value is -3.45. The number of carbonyl (C=O) groups is 1. The predicted octanol–water partition coefficient (Wildman–Crippen LogP) is 3.12. The lowest BCUT2D eigenvalue weighted by atomic mass is 9.83. The molecule has 1 fully saturated rings. The molecule has 1 aromatic carbocycles. The van der Waals surface area contributed by atoms with E-state index in [1.54, 1.807) is 37.4 Å². The molecule has 2 atom stereocenters. The van der Waals surface area contributed by atoms with Crippen LogP contribution in [-0.2, 0) is 13.1 Å². The number of pyridine rings is 2. The number of fused-ring (bicyclic) bond motifs is 4. The molecule has 7 heteroatoms. The van der Waals surface area contributed by atoms with Crippen molar-refractivity contribution < 1.29 is 9.53 Å². The maximum atomic E-state index is 13.2. The molecule has 2 aliphatic heterocycles. The first-order chi connectivity index (χ1) is 15.6. The van der Waals surface area contributed by atoms with Crippen LogP contribution in [0.4, 0.5) is 5.69 Å². The average molecular weight is 431 g/mol. The highest BCUT2D eigenvalue weighted by Gasteiger charge is 2.35. The van der Waals surface area contributed by atoms with Crippen LogP contribution in [0.2, 0.25) is 0 Å². The van der Waals surface area contributed by atoms with Crippen LogP contribution in [0.5, 0.6) is 5.75 Å². The lowest BCUT2D eigenvalue weighted by Gasteiger charge is -2.42. The van der Waals surface area contributed by atoms with Crippen molar-refractivity contribution in [2.24, 2.45) is 5.92 Å². The summed E-state index contributed by atoms with van der Waals surface area (Å²) in [6.07, 6.45) is 2.92. The number of rotatable bonds is 5. The van der Waals surface area contributed by atoms with E-state index < -0.39 is 0 Å². The summed E-state index contributed by atoms with van der Waals surface area (Å²) in [5, 5.41) is 2.79. The number of methoxy groups -OCH3 is 1. The van der Waals surface area contributed by atoms with Crippen molar-refractivity contribution >= 4 is 11.6 Å². The van der Waals surface area contributed by atoms with Crippen LogP contribution < -0.4 is 15.6 Å². The van der Waals surface area contributed by atoms with E-state index in [4.69, 9.17) is 4.74 Å². The molecule has 164 valence electrons. The van der Waals surface area contributed by atoms with E-state index >= 15 is 0 Å². The van der Waals surface area contributed by atoms with Gasteiger partial charge in [0.25, 0.3) is 11.5 Å². The fourth-order valence-electron chi connectivity index (χ4n) is 4.93. The zero-order chi connectivity index (χ0) is 22.1. The zero-order valence-corrected chi connectivity index (χ0v) is 18.0. The number of likely N-dealkylation sites (tertiary alicyclic amines) is 1. The predicted molar refractivity (Wildman–Crippen MR) is 122 cm³/mol. The Kier molecular flexibility index (Phi) is 5.49. The van der Waals surface area contributed by atoms with Crippen LogP contribution in [-0.4, -0.2) is 40.6 Å². The van der Waals surface area contributed by atoms with Gasteiger partial charge in [-0.15, -0.1) is 0 Å². The van der Waals surface area contributed by atoms with Gasteiger partial charge in [0.05, 0.1) is 12.8 Å². The summed E-state index contributed by atoms with van der Waals surface area (Å²) < 4.78 is 7.00. The Labute approximate surface area is 186 Å². The molecular formula is C25H26N4O3. The number of ether oxygens (including phenoxy) is 1. The lowest BCUT2D eigenvalue weighted by molar-refractivity contribution is 0.102. The van der Waals surface area contributed by atoms with Crippen LogP contribution in [0.1, 0.15) is 34.1 Å². The van der Waals surface area contributed by atoms with Crippen molar-refractivity contribution in [3.8, 4) is 5.75 Å². The molecule has 0 saturated carbocycles. The smallest absolute Gasteiger partial charge is 0.274 e. The van der Waals surface area contributed by atoms with Crippen LogP contribution in [0.25, 0.3) is 0 Å². The van der Waals surface area contributed by atoms with Gasteiger partial charge in [-0.05, 0) is 60.9 Å². The molecule has 5 rings (SSSR count). The second-order valence-corrected chi connectivity index (χ2v) is 8.58. The summed E-state index contributed by atoms with van der Waals surface area (Å²) in [6.45, 7) is 3.36. The molecule has 2 unspecified atom stereocenters. The first-order valence-electron chi connectivity index (χ1n) is 10.9. The number of anilines is 1. The number of nitrogens with one attached hydrogen (secondary N) is 1. The molecule has 2 aromatic heterocycles. The molecule has 0 radical (unpaired) electrons. The van der Waals surface area contributed by atoms with Crippen LogP contribution in [0, 0.1) is 5.92 Å². The zero-order valence-electron chi connectivity index (χ0n) is 18.0. The van der Waals surface area contributed by atoms with Crippen LogP contribution in [0.3, 0.4) is 0 Å². The number of benzene rings is 1. The van der Waals surface area contributed by atoms with Gasteiger partial charge in [0.2, 0.25) is 0 Å². The van der Waals surface area contributed by atoms with Gasteiger partial charge >= 0.3 is 0 Å². The Morgan fingerprint density at radius 1 is 1.09 bits per heavy atom. The molecule has 3 aromatic rings. The molecule has 1 saturated heterocycles.